The zero-order valence-electron chi connectivity index (χ0n) is 14.4. The zero-order valence-corrected chi connectivity index (χ0v) is 15.2. The minimum atomic E-state index is -0.600. The smallest absolute Gasteiger partial charge is 0.285 e. The van der Waals surface area contributed by atoms with E-state index in [0.717, 1.165) is 45.1 Å². The second-order valence-corrected chi connectivity index (χ2v) is 6.76. The molecule has 0 saturated carbocycles. The van der Waals surface area contributed by atoms with E-state index in [0.29, 0.717) is 5.56 Å². The number of carbonyl (C=O) groups excluding carboxylic acids is 1. The van der Waals surface area contributed by atoms with E-state index < -0.39 is 10.5 Å². The molecule has 0 fully saturated rings. The first kappa shape index (κ1) is 17.7. The molecule has 0 unspecified atom stereocenters. The van der Waals surface area contributed by atoms with Crippen LogP contribution in [0.25, 0.3) is 5.13 Å². The molecule has 3 aromatic heterocycles. The number of nitro groups is 1. The van der Waals surface area contributed by atoms with Crippen molar-refractivity contribution in [2.45, 2.75) is 27.3 Å². The first-order valence-electron chi connectivity index (χ1n) is 7.77. The van der Waals surface area contributed by atoms with Gasteiger partial charge in [0.15, 0.2) is 10.9 Å². The first-order chi connectivity index (χ1) is 12.3. The summed E-state index contributed by atoms with van der Waals surface area (Å²) in [6, 6.07) is 3.96. The number of carbonyl (C=O) groups is 1. The number of Topliss-reactive ketones (excluding diaryl/α,β-unsaturated/α-hetero) is 1. The normalized spacial score (nSPS) is 10.9. The fraction of sp³-hybridized carbons (Fsp3) is 0.235. The number of hydrogen-bond donors (Lipinski definition) is 0. The van der Waals surface area contributed by atoms with Crippen molar-refractivity contribution in [2.24, 2.45) is 0 Å². The van der Waals surface area contributed by atoms with Gasteiger partial charge in [0.25, 0.3) is 11.2 Å². The Morgan fingerprint density at radius 3 is 2.65 bits per heavy atom. The number of hydrogen-bond acceptors (Lipinski definition) is 6. The van der Waals surface area contributed by atoms with Gasteiger partial charge in [0.05, 0.1) is 23.4 Å². The fourth-order valence-electron chi connectivity index (χ4n) is 2.77. The van der Waals surface area contributed by atoms with Gasteiger partial charge in [-0.1, -0.05) is 0 Å². The topological polar surface area (TPSA) is 100 Å². The number of thiazole rings is 1. The zero-order chi connectivity index (χ0) is 19.0. The summed E-state index contributed by atoms with van der Waals surface area (Å²) in [5, 5.41) is 13.6. The Bertz CT molecular complexity index is 1080. The third kappa shape index (κ3) is 3.21. The highest BCUT2D eigenvalue weighted by Gasteiger charge is 2.19. The van der Waals surface area contributed by atoms with E-state index in [4.69, 9.17) is 0 Å². The molecule has 0 amide bonds. The second-order valence-electron chi connectivity index (χ2n) is 5.93. The molecule has 8 nitrogen and oxygen atoms in total. The molecule has 0 N–H and O–H groups in total. The molecule has 0 radical (unpaired) electrons. The van der Waals surface area contributed by atoms with Gasteiger partial charge in [0.2, 0.25) is 0 Å². The number of rotatable bonds is 5. The molecule has 3 aromatic rings. The maximum Gasteiger partial charge on any atom is 0.285 e. The minimum Gasteiger partial charge on any atom is -0.301 e. The van der Waals surface area contributed by atoms with Crippen molar-refractivity contribution in [1.82, 2.24) is 14.1 Å². The van der Waals surface area contributed by atoms with E-state index in [9.17, 15) is 19.7 Å². The van der Waals surface area contributed by atoms with Gasteiger partial charge in [-0.05, 0) is 26.8 Å². The van der Waals surface area contributed by atoms with E-state index in [2.05, 4.69) is 4.98 Å². The van der Waals surface area contributed by atoms with Crippen molar-refractivity contribution in [2.75, 3.05) is 0 Å². The Labute approximate surface area is 152 Å². The largest absolute Gasteiger partial charge is 0.301 e. The molecule has 9 heteroatoms. The summed E-state index contributed by atoms with van der Waals surface area (Å²) in [5.41, 5.74) is 2.24. The summed E-state index contributed by atoms with van der Waals surface area (Å²) in [6.07, 6.45) is 1.09. The van der Waals surface area contributed by atoms with Crippen LogP contribution in [0.5, 0.6) is 0 Å². The van der Waals surface area contributed by atoms with Gasteiger partial charge in [0, 0.05) is 34.5 Å². The molecule has 26 heavy (non-hydrogen) atoms. The number of nitrogens with zero attached hydrogens (tertiary/aromatic N) is 4. The molecule has 0 atom stereocenters. The lowest BCUT2D eigenvalue weighted by atomic mass is 10.1. The SMILES string of the molecule is Cc1csc(-n2c(C)cc(C(=O)Cn3cc([N+](=O)[O-])ccc3=O)c2C)n1. The van der Waals surface area contributed by atoms with E-state index >= 15 is 0 Å². The Balaban J connectivity index is 1.96. The third-order valence-corrected chi connectivity index (χ3v) is 4.97. The summed E-state index contributed by atoms with van der Waals surface area (Å²) in [5.74, 6) is -0.291. The van der Waals surface area contributed by atoms with Gasteiger partial charge < -0.3 is 4.57 Å². The van der Waals surface area contributed by atoms with Crippen molar-refractivity contribution < 1.29 is 9.72 Å². The van der Waals surface area contributed by atoms with Crippen LogP contribution in [0.3, 0.4) is 0 Å². The average molecular weight is 372 g/mol. The second kappa shape index (κ2) is 6.68. The van der Waals surface area contributed by atoms with Gasteiger partial charge in [0.1, 0.15) is 0 Å². The molecule has 0 saturated heterocycles. The van der Waals surface area contributed by atoms with Crippen molar-refractivity contribution in [1.29, 1.82) is 0 Å². The molecule has 0 aliphatic rings. The van der Waals surface area contributed by atoms with Gasteiger partial charge >= 0.3 is 0 Å². The summed E-state index contributed by atoms with van der Waals surface area (Å²) in [7, 11) is 0. The Morgan fingerprint density at radius 2 is 2.04 bits per heavy atom. The maximum atomic E-state index is 12.7. The van der Waals surface area contributed by atoms with Crippen LogP contribution in [-0.4, -0.2) is 24.8 Å². The summed E-state index contributed by atoms with van der Waals surface area (Å²) < 4.78 is 2.95. The molecule has 0 aromatic carbocycles. The van der Waals surface area contributed by atoms with Crippen molar-refractivity contribution in [3.8, 4) is 5.13 Å². The van der Waals surface area contributed by atoms with Gasteiger partial charge in [-0.3, -0.25) is 24.3 Å². The summed E-state index contributed by atoms with van der Waals surface area (Å²) in [4.78, 5) is 39.3. The molecule has 0 bridgehead atoms. The van der Waals surface area contributed by atoms with Crippen molar-refractivity contribution in [3.05, 3.63) is 72.9 Å². The number of aryl methyl sites for hydroxylation is 2. The third-order valence-electron chi connectivity index (χ3n) is 4.02. The van der Waals surface area contributed by atoms with Crippen molar-refractivity contribution in [3.63, 3.8) is 0 Å². The molecule has 0 spiro atoms. The van der Waals surface area contributed by atoms with Gasteiger partial charge in [-0.25, -0.2) is 4.98 Å². The Morgan fingerprint density at radius 1 is 1.31 bits per heavy atom. The van der Waals surface area contributed by atoms with Crippen LogP contribution in [0.2, 0.25) is 0 Å². The van der Waals surface area contributed by atoms with Crippen LogP contribution in [0.15, 0.2) is 34.6 Å². The van der Waals surface area contributed by atoms with Gasteiger partial charge in [-0.2, -0.15) is 0 Å². The molecule has 134 valence electrons. The van der Waals surface area contributed by atoms with Crippen LogP contribution in [-0.2, 0) is 6.54 Å². The Kier molecular flexibility index (Phi) is 4.56. The highest BCUT2D eigenvalue weighted by Crippen LogP contribution is 2.24. The van der Waals surface area contributed by atoms with Crippen LogP contribution in [0, 0.1) is 30.9 Å². The molecule has 3 heterocycles. The van der Waals surface area contributed by atoms with E-state index in [-0.39, 0.29) is 18.0 Å². The lowest BCUT2D eigenvalue weighted by Crippen LogP contribution is -2.23. The fourth-order valence-corrected chi connectivity index (χ4v) is 3.69. The van der Waals surface area contributed by atoms with Crippen LogP contribution < -0.4 is 5.56 Å². The number of aromatic nitrogens is 3. The molecule has 0 aliphatic heterocycles. The molecular formula is C17H16N4O4S. The maximum absolute atomic E-state index is 12.7. The standard InChI is InChI=1S/C17H16N4O4S/c1-10-9-26-17(18-10)20-11(2)6-14(12(20)3)15(22)8-19-7-13(21(24)25)4-5-16(19)23/h4-7,9H,8H2,1-3H3. The van der Waals surface area contributed by atoms with Crippen LogP contribution in [0.1, 0.15) is 27.4 Å². The number of pyridine rings is 1. The first-order valence-corrected chi connectivity index (χ1v) is 8.65. The monoisotopic (exact) mass is 372 g/mol. The predicted molar refractivity (Wildman–Crippen MR) is 97.3 cm³/mol. The lowest BCUT2D eigenvalue weighted by molar-refractivity contribution is -0.385. The summed E-state index contributed by atoms with van der Waals surface area (Å²) >= 11 is 1.48. The quantitative estimate of drug-likeness (QED) is 0.389. The van der Waals surface area contributed by atoms with E-state index in [1.165, 1.54) is 11.3 Å². The van der Waals surface area contributed by atoms with Gasteiger partial charge in [-0.15, -0.1) is 11.3 Å². The Hall–Kier alpha value is -3.07. The molecular weight excluding hydrogens is 356 g/mol. The highest BCUT2D eigenvalue weighted by atomic mass is 32.1. The summed E-state index contributed by atoms with van der Waals surface area (Å²) in [6.45, 7) is 5.32. The molecule has 3 rings (SSSR count). The van der Waals surface area contributed by atoms with Crippen LogP contribution >= 0.6 is 11.3 Å². The van der Waals surface area contributed by atoms with Crippen molar-refractivity contribution >= 4 is 22.8 Å². The van der Waals surface area contributed by atoms with E-state index in [1.807, 2.05) is 30.7 Å². The highest BCUT2D eigenvalue weighted by molar-refractivity contribution is 7.12. The van der Waals surface area contributed by atoms with Crippen LogP contribution in [0.4, 0.5) is 5.69 Å². The molecule has 0 aliphatic carbocycles. The minimum absolute atomic E-state index is 0.235. The average Bonchev–Trinajstić information content (AvgIpc) is 3.12. The predicted octanol–water partition coefficient (Wildman–Crippen LogP) is 2.81. The van der Waals surface area contributed by atoms with E-state index in [1.54, 1.807) is 6.07 Å². The number of ketones is 1. The lowest BCUT2D eigenvalue weighted by Gasteiger charge is -2.07.